The number of halogens is 1. The zero-order valence-corrected chi connectivity index (χ0v) is 14.0. The van der Waals surface area contributed by atoms with Crippen LogP contribution in [0.4, 0.5) is 4.39 Å². The summed E-state index contributed by atoms with van der Waals surface area (Å²) in [6.45, 7) is 0. The highest BCUT2D eigenvalue weighted by Gasteiger charge is 2.21. The van der Waals surface area contributed by atoms with Crippen molar-refractivity contribution in [2.45, 2.75) is 14.7 Å². The molecule has 122 valence electrons. The van der Waals surface area contributed by atoms with Crippen LogP contribution >= 0.6 is 11.8 Å². The molecule has 5 nitrogen and oxygen atoms in total. The van der Waals surface area contributed by atoms with Gasteiger partial charge in [-0.2, -0.15) is 0 Å². The minimum Gasteiger partial charge on any atom is -0.478 e. The van der Waals surface area contributed by atoms with Gasteiger partial charge in [0.05, 0.1) is 10.5 Å². The maximum absolute atomic E-state index is 13.2. The number of hydrogen-bond acceptors (Lipinski definition) is 4. The largest absolute Gasteiger partial charge is 0.478 e. The number of carboxylic acids is 1. The smallest absolute Gasteiger partial charge is 0.336 e. The Bertz CT molecular complexity index is 850. The van der Waals surface area contributed by atoms with E-state index in [9.17, 15) is 22.7 Å². The number of sulfonamides is 1. The Kier molecular flexibility index (Phi) is 5.08. The number of benzene rings is 2. The van der Waals surface area contributed by atoms with Gasteiger partial charge in [-0.15, -0.1) is 0 Å². The van der Waals surface area contributed by atoms with Crippen molar-refractivity contribution in [1.29, 1.82) is 0 Å². The van der Waals surface area contributed by atoms with Gasteiger partial charge in [0.2, 0.25) is 10.0 Å². The van der Waals surface area contributed by atoms with E-state index in [-0.39, 0.29) is 10.5 Å². The molecular weight excluding hydrogens is 341 g/mol. The SMILES string of the molecule is CN(C)S(=O)(=O)c1ccc(Sc2cccc(F)c2)c(C(=O)O)c1. The highest BCUT2D eigenvalue weighted by Crippen LogP contribution is 2.32. The Hall–Kier alpha value is -1.90. The van der Waals surface area contributed by atoms with E-state index in [4.69, 9.17) is 0 Å². The first-order chi connectivity index (χ1) is 10.7. The molecule has 0 radical (unpaired) electrons. The summed E-state index contributed by atoms with van der Waals surface area (Å²) in [5, 5.41) is 9.33. The average molecular weight is 355 g/mol. The summed E-state index contributed by atoms with van der Waals surface area (Å²) in [7, 11) is -0.996. The molecule has 0 amide bonds. The van der Waals surface area contributed by atoms with E-state index >= 15 is 0 Å². The van der Waals surface area contributed by atoms with Crippen molar-refractivity contribution < 1.29 is 22.7 Å². The number of hydrogen-bond donors (Lipinski definition) is 1. The number of carboxylic acid groups (broad SMARTS) is 1. The molecule has 0 saturated heterocycles. The van der Waals surface area contributed by atoms with Gasteiger partial charge in [-0.1, -0.05) is 17.8 Å². The average Bonchev–Trinajstić information content (AvgIpc) is 2.47. The topological polar surface area (TPSA) is 74.7 Å². The normalized spacial score (nSPS) is 11.7. The molecule has 0 heterocycles. The lowest BCUT2D eigenvalue weighted by Crippen LogP contribution is -2.22. The molecule has 8 heteroatoms. The predicted octanol–water partition coefficient (Wildman–Crippen LogP) is 2.93. The lowest BCUT2D eigenvalue weighted by molar-refractivity contribution is 0.0693. The van der Waals surface area contributed by atoms with Gasteiger partial charge in [0.15, 0.2) is 0 Å². The summed E-state index contributed by atoms with van der Waals surface area (Å²) in [6.07, 6.45) is 0. The van der Waals surface area contributed by atoms with Gasteiger partial charge in [0, 0.05) is 23.9 Å². The molecule has 2 rings (SSSR count). The molecule has 2 aromatic rings. The molecule has 0 bridgehead atoms. The minimum absolute atomic E-state index is 0.108. The van der Waals surface area contributed by atoms with Crippen LogP contribution in [0.3, 0.4) is 0 Å². The van der Waals surface area contributed by atoms with Gasteiger partial charge in [-0.05, 0) is 36.4 Å². The molecule has 0 aliphatic heterocycles. The van der Waals surface area contributed by atoms with Crippen molar-refractivity contribution in [3.8, 4) is 0 Å². The van der Waals surface area contributed by atoms with Gasteiger partial charge in [0.25, 0.3) is 0 Å². The summed E-state index contributed by atoms with van der Waals surface area (Å²) >= 11 is 1.06. The molecular formula is C15H14FNO4S2. The summed E-state index contributed by atoms with van der Waals surface area (Å²) in [6, 6.07) is 9.58. The molecule has 0 saturated carbocycles. The Morgan fingerprint density at radius 2 is 1.87 bits per heavy atom. The van der Waals surface area contributed by atoms with Crippen molar-refractivity contribution in [3.05, 3.63) is 53.8 Å². The maximum atomic E-state index is 13.2. The van der Waals surface area contributed by atoms with Crippen LogP contribution in [0.1, 0.15) is 10.4 Å². The van der Waals surface area contributed by atoms with Crippen LogP contribution in [0.15, 0.2) is 57.2 Å². The number of carbonyl (C=O) groups is 1. The zero-order chi connectivity index (χ0) is 17.2. The summed E-state index contributed by atoms with van der Waals surface area (Å²) in [5.74, 6) is -1.68. The third-order valence-corrected chi connectivity index (χ3v) is 5.86. The third-order valence-electron chi connectivity index (χ3n) is 2.98. The van der Waals surface area contributed by atoms with Crippen molar-refractivity contribution in [2.24, 2.45) is 0 Å². The fourth-order valence-electron chi connectivity index (χ4n) is 1.79. The predicted molar refractivity (Wildman–Crippen MR) is 84.8 cm³/mol. The summed E-state index contributed by atoms with van der Waals surface area (Å²) < 4.78 is 38.4. The van der Waals surface area contributed by atoms with Gasteiger partial charge in [0.1, 0.15) is 5.82 Å². The fourth-order valence-corrected chi connectivity index (χ4v) is 3.69. The van der Waals surface area contributed by atoms with E-state index in [1.54, 1.807) is 6.07 Å². The van der Waals surface area contributed by atoms with E-state index < -0.39 is 21.8 Å². The van der Waals surface area contributed by atoms with Crippen LogP contribution in [0, 0.1) is 5.82 Å². The first-order valence-electron chi connectivity index (χ1n) is 6.45. The van der Waals surface area contributed by atoms with Crippen molar-refractivity contribution in [1.82, 2.24) is 4.31 Å². The second kappa shape index (κ2) is 6.69. The van der Waals surface area contributed by atoms with Gasteiger partial charge >= 0.3 is 5.97 Å². The number of aromatic carboxylic acids is 1. The first kappa shape index (κ1) is 17.5. The van der Waals surface area contributed by atoms with Gasteiger partial charge < -0.3 is 5.11 Å². The van der Waals surface area contributed by atoms with E-state index in [1.807, 2.05) is 0 Å². The monoisotopic (exact) mass is 355 g/mol. The first-order valence-corrected chi connectivity index (χ1v) is 8.71. The number of rotatable bonds is 5. The Balaban J connectivity index is 2.48. The second-order valence-electron chi connectivity index (χ2n) is 4.81. The van der Waals surface area contributed by atoms with Crippen LogP contribution in [-0.2, 0) is 10.0 Å². The fraction of sp³-hybridized carbons (Fsp3) is 0.133. The molecule has 2 aromatic carbocycles. The summed E-state index contributed by atoms with van der Waals surface area (Å²) in [5.41, 5.74) is -0.151. The lowest BCUT2D eigenvalue weighted by atomic mass is 10.2. The molecule has 0 atom stereocenters. The van der Waals surface area contributed by atoms with E-state index in [0.29, 0.717) is 9.79 Å². The van der Waals surface area contributed by atoms with Crippen LogP contribution in [-0.4, -0.2) is 37.9 Å². The van der Waals surface area contributed by atoms with Crippen molar-refractivity contribution in [2.75, 3.05) is 14.1 Å². The van der Waals surface area contributed by atoms with Crippen LogP contribution in [0.25, 0.3) is 0 Å². The van der Waals surface area contributed by atoms with Crippen LogP contribution < -0.4 is 0 Å². The maximum Gasteiger partial charge on any atom is 0.336 e. The van der Waals surface area contributed by atoms with Gasteiger partial charge in [-0.25, -0.2) is 21.9 Å². The molecule has 0 aromatic heterocycles. The Labute approximate surface area is 137 Å². The van der Waals surface area contributed by atoms with Crippen molar-refractivity contribution in [3.63, 3.8) is 0 Å². The molecule has 23 heavy (non-hydrogen) atoms. The van der Waals surface area contributed by atoms with E-state index in [2.05, 4.69) is 0 Å². The number of nitrogens with zero attached hydrogens (tertiary/aromatic N) is 1. The van der Waals surface area contributed by atoms with Crippen LogP contribution in [0.5, 0.6) is 0 Å². The van der Waals surface area contributed by atoms with Crippen LogP contribution in [0.2, 0.25) is 0 Å². The Morgan fingerprint density at radius 1 is 1.17 bits per heavy atom. The third kappa shape index (κ3) is 3.90. The molecule has 0 spiro atoms. The second-order valence-corrected chi connectivity index (χ2v) is 8.08. The zero-order valence-electron chi connectivity index (χ0n) is 12.4. The molecule has 0 aliphatic carbocycles. The Morgan fingerprint density at radius 3 is 2.43 bits per heavy atom. The molecule has 0 aliphatic rings. The molecule has 1 N–H and O–H groups in total. The quantitative estimate of drug-likeness (QED) is 0.893. The van der Waals surface area contributed by atoms with Crippen molar-refractivity contribution >= 4 is 27.8 Å². The highest BCUT2D eigenvalue weighted by molar-refractivity contribution is 7.99. The van der Waals surface area contributed by atoms with E-state index in [1.165, 1.54) is 44.4 Å². The highest BCUT2D eigenvalue weighted by atomic mass is 32.2. The van der Waals surface area contributed by atoms with Gasteiger partial charge in [-0.3, -0.25) is 0 Å². The van der Waals surface area contributed by atoms with E-state index in [0.717, 1.165) is 22.1 Å². The summed E-state index contributed by atoms with van der Waals surface area (Å²) in [4.78, 5) is 12.2. The molecule has 0 fully saturated rings. The standard InChI is InChI=1S/C15H14FNO4S2/c1-17(2)23(20,21)12-6-7-14(13(9-12)15(18)19)22-11-5-3-4-10(16)8-11/h3-9H,1-2H3,(H,18,19). The minimum atomic E-state index is -3.73. The lowest BCUT2D eigenvalue weighted by Gasteiger charge is -2.13. The molecule has 0 unspecified atom stereocenters.